The second kappa shape index (κ2) is 8.31. The molecule has 0 fully saturated rings. The van der Waals surface area contributed by atoms with Gasteiger partial charge in [-0.15, -0.1) is 0 Å². The van der Waals surface area contributed by atoms with E-state index in [1.54, 1.807) is 0 Å². The Bertz CT molecular complexity index is 673. The summed E-state index contributed by atoms with van der Waals surface area (Å²) in [4.78, 5) is 30.6. The maximum absolute atomic E-state index is 13.4. The molecule has 7 heteroatoms. The Morgan fingerprint density at radius 2 is 1.96 bits per heavy atom. The number of rotatable bonds is 7. The van der Waals surface area contributed by atoms with Crippen LogP contribution in [0.2, 0.25) is 0 Å². The summed E-state index contributed by atoms with van der Waals surface area (Å²) < 4.78 is 0. The molecule has 0 unspecified atom stereocenters. The van der Waals surface area contributed by atoms with Gasteiger partial charge in [0, 0.05) is 12.6 Å². The van der Waals surface area contributed by atoms with Crippen LogP contribution in [-0.4, -0.2) is 40.6 Å². The van der Waals surface area contributed by atoms with Crippen LogP contribution >= 0.6 is 0 Å². The van der Waals surface area contributed by atoms with Gasteiger partial charge < -0.3 is 10.8 Å². The SMILES string of the molecule is CC(C)C[C@]1(c2ccccc2)N=C(NC(=O)O)N(CCC[C@H](C)N)C1=O. The topological polar surface area (TPSA) is 108 Å². The molecule has 0 aromatic heterocycles. The standard InChI is InChI=1S/C19H28N4O3/c1-13(2)12-19(15-9-5-4-6-10-15)16(24)23(11-7-8-14(3)20)17(22-19)21-18(25)26/h4-6,9-10,13-14H,7-8,11-12,20H2,1-3H3,(H,21,22)(H,25,26)/t14-,19+/m0/s1. The first kappa shape index (κ1) is 19.9. The number of amides is 2. The van der Waals surface area contributed by atoms with Gasteiger partial charge in [0.25, 0.3) is 5.91 Å². The lowest BCUT2D eigenvalue weighted by atomic mass is 9.82. The van der Waals surface area contributed by atoms with E-state index in [9.17, 15) is 9.59 Å². The zero-order valence-corrected chi connectivity index (χ0v) is 15.6. The Kier molecular flexibility index (Phi) is 6.37. The van der Waals surface area contributed by atoms with Crippen molar-refractivity contribution in [2.75, 3.05) is 6.54 Å². The van der Waals surface area contributed by atoms with Crippen LogP contribution in [0.5, 0.6) is 0 Å². The first-order valence-electron chi connectivity index (χ1n) is 8.99. The van der Waals surface area contributed by atoms with Crippen molar-refractivity contribution < 1.29 is 14.7 Å². The Hall–Kier alpha value is -2.41. The summed E-state index contributed by atoms with van der Waals surface area (Å²) in [5, 5.41) is 11.5. The molecule has 4 N–H and O–H groups in total. The summed E-state index contributed by atoms with van der Waals surface area (Å²) in [6.07, 6.45) is 0.690. The third-order valence-corrected chi connectivity index (χ3v) is 4.37. The number of hydrogen-bond acceptors (Lipinski definition) is 4. The van der Waals surface area contributed by atoms with Gasteiger partial charge in [0.1, 0.15) is 0 Å². The molecule has 1 aliphatic heterocycles. The van der Waals surface area contributed by atoms with E-state index >= 15 is 0 Å². The third kappa shape index (κ3) is 4.40. The lowest BCUT2D eigenvalue weighted by Gasteiger charge is -2.28. The number of benzene rings is 1. The molecule has 1 heterocycles. The van der Waals surface area contributed by atoms with Crippen molar-refractivity contribution in [1.82, 2.24) is 10.2 Å². The molecule has 1 aliphatic rings. The fourth-order valence-electron chi connectivity index (χ4n) is 3.32. The summed E-state index contributed by atoms with van der Waals surface area (Å²) in [6.45, 7) is 6.34. The summed E-state index contributed by atoms with van der Waals surface area (Å²) in [6, 6.07) is 9.37. The zero-order valence-electron chi connectivity index (χ0n) is 15.6. The highest BCUT2D eigenvalue weighted by Gasteiger charge is 2.50. The second-order valence-electron chi connectivity index (χ2n) is 7.27. The number of hydrogen-bond donors (Lipinski definition) is 3. The van der Waals surface area contributed by atoms with Crippen LogP contribution < -0.4 is 11.1 Å². The van der Waals surface area contributed by atoms with Crippen molar-refractivity contribution in [3.05, 3.63) is 35.9 Å². The van der Waals surface area contributed by atoms with Gasteiger partial charge in [-0.25, -0.2) is 9.79 Å². The molecule has 0 spiro atoms. The van der Waals surface area contributed by atoms with Crippen molar-refractivity contribution in [2.24, 2.45) is 16.6 Å². The van der Waals surface area contributed by atoms with Crippen LogP contribution in [0.4, 0.5) is 4.79 Å². The Morgan fingerprint density at radius 3 is 2.50 bits per heavy atom. The second-order valence-corrected chi connectivity index (χ2v) is 7.27. The van der Waals surface area contributed by atoms with Gasteiger partial charge in [-0.2, -0.15) is 0 Å². The number of aliphatic imine (C=N–C) groups is 1. The van der Waals surface area contributed by atoms with Crippen LogP contribution in [0.1, 0.15) is 45.6 Å². The highest BCUT2D eigenvalue weighted by molar-refractivity contribution is 6.11. The molecule has 0 bridgehead atoms. The van der Waals surface area contributed by atoms with Gasteiger partial charge in [0.15, 0.2) is 5.54 Å². The molecule has 0 saturated heterocycles. The number of carboxylic acid groups (broad SMARTS) is 1. The molecule has 0 saturated carbocycles. The minimum atomic E-state index is -1.23. The number of guanidine groups is 1. The van der Waals surface area contributed by atoms with Gasteiger partial charge in [0.05, 0.1) is 0 Å². The molecule has 1 aromatic rings. The third-order valence-electron chi connectivity index (χ3n) is 4.37. The number of nitrogens with one attached hydrogen (secondary N) is 1. The largest absolute Gasteiger partial charge is 0.465 e. The van der Waals surface area contributed by atoms with Gasteiger partial charge in [-0.05, 0) is 37.7 Å². The lowest BCUT2D eigenvalue weighted by molar-refractivity contribution is -0.132. The van der Waals surface area contributed by atoms with E-state index in [1.807, 2.05) is 51.1 Å². The van der Waals surface area contributed by atoms with E-state index in [0.29, 0.717) is 19.4 Å². The Morgan fingerprint density at radius 1 is 1.31 bits per heavy atom. The molecule has 7 nitrogen and oxygen atoms in total. The monoisotopic (exact) mass is 360 g/mol. The summed E-state index contributed by atoms with van der Waals surface area (Å²) in [5.41, 5.74) is 5.47. The molecule has 2 amide bonds. The predicted molar refractivity (Wildman–Crippen MR) is 101 cm³/mol. The Labute approximate surface area is 154 Å². The molecule has 142 valence electrons. The van der Waals surface area contributed by atoms with E-state index in [0.717, 1.165) is 12.0 Å². The molecule has 1 aromatic carbocycles. The molecule has 0 radical (unpaired) electrons. The van der Waals surface area contributed by atoms with Crippen molar-refractivity contribution in [2.45, 2.75) is 51.6 Å². The van der Waals surface area contributed by atoms with Crippen molar-refractivity contribution in [1.29, 1.82) is 0 Å². The minimum absolute atomic E-state index is 0.0232. The van der Waals surface area contributed by atoms with Gasteiger partial charge in [0.2, 0.25) is 5.96 Å². The Balaban J connectivity index is 2.42. The van der Waals surface area contributed by atoms with Crippen LogP contribution in [0.3, 0.4) is 0 Å². The zero-order chi connectivity index (χ0) is 19.3. The van der Waals surface area contributed by atoms with Crippen molar-refractivity contribution in [3.8, 4) is 0 Å². The maximum Gasteiger partial charge on any atom is 0.411 e. The fraction of sp³-hybridized carbons (Fsp3) is 0.526. The molecular formula is C19H28N4O3. The van der Waals surface area contributed by atoms with Crippen LogP contribution in [0, 0.1) is 5.92 Å². The van der Waals surface area contributed by atoms with Crippen LogP contribution in [-0.2, 0) is 10.3 Å². The normalized spacial score (nSPS) is 21.0. The van der Waals surface area contributed by atoms with Crippen molar-refractivity contribution in [3.63, 3.8) is 0 Å². The molecule has 2 atom stereocenters. The molecular weight excluding hydrogens is 332 g/mol. The van der Waals surface area contributed by atoms with Gasteiger partial charge >= 0.3 is 6.09 Å². The molecule has 0 aliphatic carbocycles. The maximum atomic E-state index is 13.4. The first-order chi connectivity index (χ1) is 12.3. The number of nitrogens with two attached hydrogens (primary N) is 1. The quantitative estimate of drug-likeness (QED) is 0.694. The van der Waals surface area contributed by atoms with E-state index in [4.69, 9.17) is 10.8 Å². The predicted octanol–water partition coefficient (Wildman–Crippen LogP) is 2.52. The lowest BCUT2D eigenvalue weighted by Crippen LogP contribution is -2.46. The summed E-state index contributed by atoms with van der Waals surface area (Å²) in [5.74, 6) is 0.112. The minimum Gasteiger partial charge on any atom is -0.465 e. The van der Waals surface area contributed by atoms with E-state index in [-0.39, 0.29) is 23.8 Å². The average molecular weight is 360 g/mol. The van der Waals surface area contributed by atoms with Gasteiger partial charge in [-0.1, -0.05) is 44.2 Å². The smallest absolute Gasteiger partial charge is 0.411 e. The van der Waals surface area contributed by atoms with E-state index in [2.05, 4.69) is 10.3 Å². The van der Waals surface area contributed by atoms with Crippen LogP contribution in [0.15, 0.2) is 35.3 Å². The highest BCUT2D eigenvalue weighted by atomic mass is 16.4. The highest BCUT2D eigenvalue weighted by Crippen LogP contribution is 2.39. The van der Waals surface area contributed by atoms with Crippen LogP contribution in [0.25, 0.3) is 0 Å². The van der Waals surface area contributed by atoms with Crippen molar-refractivity contribution >= 4 is 18.0 Å². The summed E-state index contributed by atoms with van der Waals surface area (Å²) >= 11 is 0. The molecule has 2 rings (SSSR count). The fourth-order valence-corrected chi connectivity index (χ4v) is 3.32. The van der Waals surface area contributed by atoms with E-state index in [1.165, 1.54) is 4.90 Å². The number of nitrogens with zero attached hydrogens (tertiary/aromatic N) is 2. The van der Waals surface area contributed by atoms with E-state index < -0.39 is 11.6 Å². The average Bonchev–Trinajstić information content (AvgIpc) is 2.80. The van der Waals surface area contributed by atoms with Gasteiger partial charge in [-0.3, -0.25) is 15.0 Å². The molecule has 26 heavy (non-hydrogen) atoms. The first-order valence-corrected chi connectivity index (χ1v) is 8.99. The number of carbonyl (C=O) groups excluding carboxylic acids is 1. The number of carbonyl (C=O) groups is 2. The summed E-state index contributed by atoms with van der Waals surface area (Å²) in [7, 11) is 0.